The lowest BCUT2D eigenvalue weighted by Gasteiger charge is -2.14. The van der Waals surface area contributed by atoms with Crippen LogP contribution in [0.4, 0.5) is 5.69 Å². The molecule has 1 rings (SSSR count). The molecule has 1 atom stereocenters. The molecule has 0 saturated carbocycles. The number of hydrogen-bond donors (Lipinski definition) is 1. The zero-order valence-electron chi connectivity index (χ0n) is 10.2. The molecule has 1 aromatic carbocycles. The molecule has 0 radical (unpaired) electrons. The largest absolute Gasteiger partial charge is 0.466 e. The van der Waals surface area contributed by atoms with Gasteiger partial charge in [-0.05, 0) is 25.5 Å². The topological polar surface area (TPSA) is 95.5 Å². The Kier molecular flexibility index (Phi) is 5.26. The Morgan fingerprint density at radius 1 is 1.44 bits per heavy atom. The molecule has 6 nitrogen and oxygen atoms in total. The Bertz CT molecular complexity index is 417. The van der Waals surface area contributed by atoms with Crippen LogP contribution in [0.3, 0.4) is 0 Å². The van der Waals surface area contributed by atoms with Crippen LogP contribution in [0, 0.1) is 10.1 Å². The van der Waals surface area contributed by atoms with E-state index in [0.717, 1.165) is 0 Å². The fourth-order valence-electron chi connectivity index (χ4n) is 1.66. The van der Waals surface area contributed by atoms with Gasteiger partial charge in [0.1, 0.15) is 0 Å². The third-order valence-electron chi connectivity index (χ3n) is 2.53. The van der Waals surface area contributed by atoms with Crippen LogP contribution in [0.25, 0.3) is 0 Å². The molecule has 0 bridgehead atoms. The molecule has 2 N–H and O–H groups in total. The quantitative estimate of drug-likeness (QED) is 0.471. The molecule has 98 valence electrons. The first-order chi connectivity index (χ1) is 8.60. The monoisotopic (exact) mass is 252 g/mol. The van der Waals surface area contributed by atoms with Crippen LogP contribution < -0.4 is 5.73 Å². The lowest BCUT2D eigenvalue weighted by Crippen LogP contribution is -2.19. The molecule has 1 aromatic rings. The first-order valence-corrected chi connectivity index (χ1v) is 5.71. The number of esters is 1. The van der Waals surface area contributed by atoms with E-state index >= 15 is 0 Å². The van der Waals surface area contributed by atoms with Crippen LogP contribution in [0.15, 0.2) is 24.3 Å². The fraction of sp³-hybridized carbons (Fsp3) is 0.417. The minimum atomic E-state index is -0.480. The standard InChI is InChI=1S/C12H16N2O4/c1-2-18-12(15)11(7-8-13)9-3-5-10(6-4-9)14(16)17/h3-6,11H,2,7-8,13H2,1H3. The van der Waals surface area contributed by atoms with Crippen molar-refractivity contribution in [2.45, 2.75) is 19.3 Å². The average Bonchev–Trinajstić information content (AvgIpc) is 2.36. The van der Waals surface area contributed by atoms with Crippen molar-refractivity contribution >= 4 is 11.7 Å². The number of carbonyl (C=O) groups is 1. The molecule has 0 aromatic heterocycles. The number of benzene rings is 1. The van der Waals surface area contributed by atoms with Gasteiger partial charge in [0.05, 0.1) is 17.4 Å². The van der Waals surface area contributed by atoms with Gasteiger partial charge in [-0.2, -0.15) is 0 Å². The summed E-state index contributed by atoms with van der Waals surface area (Å²) >= 11 is 0. The number of nitrogens with zero attached hydrogens (tertiary/aromatic N) is 1. The third-order valence-corrected chi connectivity index (χ3v) is 2.53. The zero-order chi connectivity index (χ0) is 13.5. The van der Waals surface area contributed by atoms with Gasteiger partial charge in [-0.25, -0.2) is 0 Å². The maximum atomic E-state index is 11.7. The van der Waals surface area contributed by atoms with Gasteiger partial charge in [-0.1, -0.05) is 12.1 Å². The molecular formula is C12H16N2O4. The van der Waals surface area contributed by atoms with E-state index in [1.807, 2.05) is 0 Å². The van der Waals surface area contributed by atoms with Crippen molar-refractivity contribution in [3.63, 3.8) is 0 Å². The number of nitro benzene ring substituents is 1. The van der Waals surface area contributed by atoms with E-state index in [-0.39, 0.29) is 11.7 Å². The summed E-state index contributed by atoms with van der Waals surface area (Å²) in [5.74, 6) is -0.812. The summed E-state index contributed by atoms with van der Waals surface area (Å²) in [6.45, 7) is 2.38. The Hall–Kier alpha value is -1.95. The fourth-order valence-corrected chi connectivity index (χ4v) is 1.66. The maximum Gasteiger partial charge on any atom is 0.313 e. The van der Waals surface area contributed by atoms with Crippen molar-refractivity contribution in [3.05, 3.63) is 39.9 Å². The summed E-state index contributed by atoms with van der Waals surface area (Å²) in [5, 5.41) is 10.5. The second-order valence-electron chi connectivity index (χ2n) is 3.73. The van der Waals surface area contributed by atoms with Crippen molar-refractivity contribution in [3.8, 4) is 0 Å². The van der Waals surface area contributed by atoms with Crippen LogP contribution in [-0.2, 0) is 9.53 Å². The van der Waals surface area contributed by atoms with E-state index in [0.29, 0.717) is 25.1 Å². The lowest BCUT2D eigenvalue weighted by molar-refractivity contribution is -0.384. The molecule has 0 aliphatic carbocycles. The van der Waals surface area contributed by atoms with E-state index in [4.69, 9.17) is 10.5 Å². The molecular weight excluding hydrogens is 236 g/mol. The first-order valence-electron chi connectivity index (χ1n) is 5.71. The summed E-state index contributed by atoms with van der Waals surface area (Å²) in [5.41, 5.74) is 6.14. The predicted octanol–water partition coefficient (Wildman–Crippen LogP) is 1.59. The van der Waals surface area contributed by atoms with Crippen molar-refractivity contribution in [1.29, 1.82) is 0 Å². The smallest absolute Gasteiger partial charge is 0.313 e. The zero-order valence-corrected chi connectivity index (χ0v) is 10.2. The van der Waals surface area contributed by atoms with Crippen LogP contribution in [0.2, 0.25) is 0 Å². The average molecular weight is 252 g/mol. The number of non-ortho nitro benzene ring substituents is 1. The molecule has 18 heavy (non-hydrogen) atoms. The highest BCUT2D eigenvalue weighted by atomic mass is 16.6. The Balaban J connectivity index is 2.91. The third kappa shape index (κ3) is 3.53. The summed E-state index contributed by atoms with van der Waals surface area (Å²) < 4.78 is 4.96. The van der Waals surface area contributed by atoms with Crippen LogP contribution in [-0.4, -0.2) is 24.0 Å². The number of nitrogens with two attached hydrogens (primary N) is 1. The molecule has 0 fully saturated rings. The van der Waals surface area contributed by atoms with Gasteiger partial charge in [-0.3, -0.25) is 14.9 Å². The van der Waals surface area contributed by atoms with Crippen molar-refractivity contribution in [2.24, 2.45) is 5.73 Å². The Labute approximate surface area is 105 Å². The summed E-state index contributed by atoms with van der Waals surface area (Å²) in [7, 11) is 0. The van der Waals surface area contributed by atoms with Crippen molar-refractivity contribution in [2.75, 3.05) is 13.2 Å². The highest BCUT2D eigenvalue weighted by Crippen LogP contribution is 2.23. The Morgan fingerprint density at radius 2 is 2.06 bits per heavy atom. The highest BCUT2D eigenvalue weighted by molar-refractivity contribution is 5.78. The molecule has 0 amide bonds. The number of nitro groups is 1. The molecule has 0 spiro atoms. The predicted molar refractivity (Wildman–Crippen MR) is 66.1 cm³/mol. The Morgan fingerprint density at radius 3 is 2.50 bits per heavy atom. The SMILES string of the molecule is CCOC(=O)C(CCN)c1ccc([N+](=O)[O-])cc1. The van der Waals surface area contributed by atoms with Crippen LogP contribution in [0.1, 0.15) is 24.8 Å². The van der Waals surface area contributed by atoms with Gasteiger partial charge in [0.25, 0.3) is 5.69 Å². The normalized spacial score (nSPS) is 11.9. The van der Waals surface area contributed by atoms with Gasteiger partial charge in [0, 0.05) is 12.1 Å². The van der Waals surface area contributed by atoms with Gasteiger partial charge >= 0.3 is 5.97 Å². The molecule has 0 saturated heterocycles. The minimum absolute atomic E-state index is 0.00546. The summed E-state index contributed by atoms with van der Waals surface area (Å²) in [6.07, 6.45) is 0.455. The lowest BCUT2D eigenvalue weighted by atomic mass is 9.95. The summed E-state index contributed by atoms with van der Waals surface area (Å²) in [4.78, 5) is 21.8. The van der Waals surface area contributed by atoms with E-state index in [2.05, 4.69) is 0 Å². The maximum absolute atomic E-state index is 11.7. The molecule has 0 aliphatic heterocycles. The van der Waals surface area contributed by atoms with Gasteiger partial charge in [-0.15, -0.1) is 0 Å². The molecule has 6 heteroatoms. The van der Waals surface area contributed by atoms with E-state index in [1.54, 1.807) is 19.1 Å². The number of carbonyl (C=O) groups excluding carboxylic acids is 1. The molecule has 0 aliphatic rings. The highest BCUT2D eigenvalue weighted by Gasteiger charge is 2.21. The molecule has 1 unspecified atom stereocenters. The van der Waals surface area contributed by atoms with Gasteiger partial charge in [0.15, 0.2) is 0 Å². The van der Waals surface area contributed by atoms with E-state index in [1.165, 1.54) is 12.1 Å². The first kappa shape index (κ1) is 14.1. The van der Waals surface area contributed by atoms with Crippen LogP contribution >= 0.6 is 0 Å². The number of ether oxygens (including phenoxy) is 1. The van der Waals surface area contributed by atoms with Gasteiger partial charge < -0.3 is 10.5 Å². The second-order valence-corrected chi connectivity index (χ2v) is 3.73. The van der Waals surface area contributed by atoms with E-state index in [9.17, 15) is 14.9 Å². The van der Waals surface area contributed by atoms with Crippen LogP contribution in [0.5, 0.6) is 0 Å². The van der Waals surface area contributed by atoms with Gasteiger partial charge in [0.2, 0.25) is 0 Å². The van der Waals surface area contributed by atoms with Crippen molar-refractivity contribution < 1.29 is 14.5 Å². The molecule has 0 heterocycles. The van der Waals surface area contributed by atoms with E-state index < -0.39 is 10.8 Å². The minimum Gasteiger partial charge on any atom is -0.466 e. The second kappa shape index (κ2) is 6.70. The number of hydrogen-bond acceptors (Lipinski definition) is 5. The summed E-state index contributed by atoms with van der Waals surface area (Å²) in [6, 6.07) is 5.88. The number of rotatable bonds is 6. The van der Waals surface area contributed by atoms with Crippen molar-refractivity contribution in [1.82, 2.24) is 0 Å².